The highest BCUT2D eigenvalue weighted by molar-refractivity contribution is 6.04. The van der Waals surface area contributed by atoms with Crippen molar-refractivity contribution in [2.45, 2.75) is 51.0 Å². The summed E-state index contributed by atoms with van der Waals surface area (Å²) in [5, 5.41) is 2.72. The van der Waals surface area contributed by atoms with Crippen LogP contribution < -0.4 is 10.9 Å². The molecular formula is C25H30FN3O2. The summed E-state index contributed by atoms with van der Waals surface area (Å²) in [6.45, 7) is 3.99. The Morgan fingerprint density at radius 1 is 1.00 bits per heavy atom. The van der Waals surface area contributed by atoms with E-state index in [1.54, 1.807) is 6.07 Å². The van der Waals surface area contributed by atoms with Gasteiger partial charge in [-0.1, -0.05) is 19.3 Å². The Kier molecular flexibility index (Phi) is 5.65. The number of hydrogen-bond acceptors (Lipinski definition) is 3. The third-order valence-electron chi connectivity index (χ3n) is 7.28. The quantitative estimate of drug-likeness (QED) is 0.800. The Bertz CT molecular complexity index is 1010. The van der Waals surface area contributed by atoms with Crippen LogP contribution in [0.2, 0.25) is 0 Å². The third kappa shape index (κ3) is 4.31. The summed E-state index contributed by atoms with van der Waals surface area (Å²) in [4.78, 5) is 28.3. The van der Waals surface area contributed by atoms with E-state index >= 15 is 0 Å². The molecule has 0 unspecified atom stereocenters. The fourth-order valence-electron chi connectivity index (χ4n) is 5.82. The number of carbonyl (C=O) groups is 1. The molecule has 2 bridgehead atoms. The van der Waals surface area contributed by atoms with Gasteiger partial charge in [0.1, 0.15) is 11.5 Å². The van der Waals surface area contributed by atoms with Crippen molar-refractivity contribution in [3.8, 4) is 0 Å². The molecule has 1 saturated heterocycles. The van der Waals surface area contributed by atoms with Gasteiger partial charge >= 0.3 is 0 Å². The number of aromatic nitrogens is 1. The van der Waals surface area contributed by atoms with Crippen molar-refractivity contribution < 1.29 is 9.18 Å². The van der Waals surface area contributed by atoms with Gasteiger partial charge in [0, 0.05) is 43.4 Å². The van der Waals surface area contributed by atoms with Gasteiger partial charge < -0.3 is 14.8 Å². The first-order valence-corrected chi connectivity index (χ1v) is 11.6. The molecule has 6 heteroatoms. The fourth-order valence-corrected chi connectivity index (χ4v) is 5.82. The number of benzene rings is 1. The first-order valence-electron chi connectivity index (χ1n) is 11.6. The van der Waals surface area contributed by atoms with E-state index in [1.165, 1.54) is 62.9 Å². The second kappa shape index (κ2) is 8.58. The molecule has 5 rings (SSSR count). The molecule has 0 spiro atoms. The Balaban J connectivity index is 1.31. The van der Waals surface area contributed by atoms with Crippen molar-refractivity contribution in [3.05, 3.63) is 63.8 Å². The van der Waals surface area contributed by atoms with Gasteiger partial charge in [-0.3, -0.25) is 9.59 Å². The van der Waals surface area contributed by atoms with E-state index in [2.05, 4.69) is 10.2 Å². The molecule has 1 saturated carbocycles. The van der Waals surface area contributed by atoms with E-state index in [4.69, 9.17) is 0 Å². The zero-order chi connectivity index (χ0) is 21.4. The summed E-state index contributed by atoms with van der Waals surface area (Å²) < 4.78 is 15.0. The van der Waals surface area contributed by atoms with Crippen LogP contribution in [0, 0.1) is 17.7 Å². The smallest absolute Gasteiger partial charge is 0.274 e. The molecule has 2 fully saturated rings. The number of anilines is 1. The number of piperidine rings is 1. The number of pyridine rings is 1. The molecule has 2 atom stereocenters. The van der Waals surface area contributed by atoms with E-state index in [9.17, 15) is 14.0 Å². The molecule has 2 aliphatic heterocycles. The van der Waals surface area contributed by atoms with Gasteiger partial charge in [-0.2, -0.15) is 0 Å². The second-order valence-electron chi connectivity index (χ2n) is 9.57. The predicted molar refractivity (Wildman–Crippen MR) is 119 cm³/mol. The van der Waals surface area contributed by atoms with E-state index < -0.39 is 11.7 Å². The maximum Gasteiger partial charge on any atom is 0.274 e. The Morgan fingerprint density at radius 3 is 2.55 bits per heavy atom. The number of nitrogens with zero attached hydrogens (tertiary/aromatic N) is 2. The predicted octanol–water partition coefficient (Wildman–Crippen LogP) is 4.24. The zero-order valence-electron chi connectivity index (χ0n) is 17.9. The van der Waals surface area contributed by atoms with Gasteiger partial charge in [-0.15, -0.1) is 0 Å². The minimum absolute atomic E-state index is 0.136. The number of fused-ring (bicyclic) bond motifs is 4. The lowest BCUT2D eigenvalue weighted by molar-refractivity contribution is 0.0967. The standard InChI is InChI=1S/C25H30FN3O2/c26-21-8-6-19(7-9-21)24(30)27-22-10-11-23-20-12-18(15-29(23)25(22)31)14-28(16-20)13-17-4-2-1-3-5-17/h6-11,17-18,20H,1-5,12-16H2,(H,27,30)/t18-,20-/m1/s1. The molecule has 2 aromatic rings. The molecule has 5 nitrogen and oxygen atoms in total. The third-order valence-corrected chi connectivity index (χ3v) is 7.28. The topological polar surface area (TPSA) is 54.3 Å². The molecule has 164 valence electrons. The summed E-state index contributed by atoms with van der Waals surface area (Å²) in [6, 6.07) is 9.07. The molecule has 1 N–H and O–H groups in total. The van der Waals surface area contributed by atoms with Crippen molar-refractivity contribution in [1.82, 2.24) is 9.47 Å². The number of rotatable bonds is 4. The Labute approximate surface area is 182 Å². The highest BCUT2D eigenvalue weighted by Gasteiger charge is 2.35. The van der Waals surface area contributed by atoms with Crippen LogP contribution in [0.4, 0.5) is 10.1 Å². The lowest BCUT2D eigenvalue weighted by atomic mass is 9.81. The molecule has 1 aromatic carbocycles. The Morgan fingerprint density at radius 2 is 1.77 bits per heavy atom. The van der Waals surface area contributed by atoms with Crippen LogP contribution >= 0.6 is 0 Å². The summed E-state index contributed by atoms with van der Waals surface area (Å²) in [7, 11) is 0. The van der Waals surface area contributed by atoms with Gasteiger partial charge in [0.05, 0.1) is 0 Å². The largest absolute Gasteiger partial charge is 0.317 e. The van der Waals surface area contributed by atoms with Gasteiger partial charge in [-0.05, 0) is 67.5 Å². The maximum atomic E-state index is 13.1. The van der Waals surface area contributed by atoms with Gasteiger partial charge in [0.25, 0.3) is 11.5 Å². The number of carbonyl (C=O) groups excluding carboxylic acids is 1. The lowest BCUT2D eigenvalue weighted by Crippen LogP contribution is -2.48. The molecule has 1 amide bonds. The number of likely N-dealkylation sites (tertiary alicyclic amines) is 1. The van der Waals surface area contributed by atoms with Gasteiger partial charge in [0.2, 0.25) is 0 Å². The van der Waals surface area contributed by atoms with Crippen LogP contribution in [0.5, 0.6) is 0 Å². The van der Waals surface area contributed by atoms with Crippen molar-refractivity contribution in [2.75, 3.05) is 25.0 Å². The lowest BCUT2D eigenvalue weighted by Gasteiger charge is -2.44. The van der Waals surface area contributed by atoms with E-state index in [1.807, 2.05) is 10.6 Å². The van der Waals surface area contributed by atoms with Crippen molar-refractivity contribution in [2.24, 2.45) is 11.8 Å². The van der Waals surface area contributed by atoms with Crippen molar-refractivity contribution in [1.29, 1.82) is 0 Å². The number of nitrogens with one attached hydrogen (secondary N) is 1. The van der Waals surface area contributed by atoms with Gasteiger partial charge in [-0.25, -0.2) is 4.39 Å². The van der Waals surface area contributed by atoms with E-state index in [0.717, 1.165) is 31.1 Å². The Hall–Kier alpha value is -2.47. The average Bonchev–Trinajstić information content (AvgIpc) is 2.77. The first kappa shape index (κ1) is 20.4. The monoisotopic (exact) mass is 423 g/mol. The average molecular weight is 424 g/mol. The second-order valence-corrected chi connectivity index (χ2v) is 9.57. The fraction of sp³-hybridized carbons (Fsp3) is 0.520. The molecule has 3 aliphatic rings. The van der Waals surface area contributed by atoms with E-state index in [0.29, 0.717) is 23.9 Å². The van der Waals surface area contributed by atoms with Crippen molar-refractivity contribution >= 4 is 11.6 Å². The normalized spacial score (nSPS) is 23.9. The SMILES string of the molecule is O=C(Nc1ccc2n(c1=O)C[C@@H]1C[C@@H]2CN(CC2CCCCC2)C1)c1ccc(F)cc1. The molecular weight excluding hydrogens is 393 g/mol. The minimum Gasteiger partial charge on any atom is -0.317 e. The summed E-state index contributed by atoms with van der Waals surface area (Å²) >= 11 is 0. The van der Waals surface area contributed by atoms with Crippen LogP contribution in [0.25, 0.3) is 0 Å². The molecule has 0 radical (unpaired) electrons. The van der Waals surface area contributed by atoms with Crippen LogP contribution in [0.3, 0.4) is 0 Å². The molecule has 1 aromatic heterocycles. The van der Waals surface area contributed by atoms with Crippen LogP contribution in [0.1, 0.15) is 60.5 Å². The van der Waals surface area contributed by atoms with Crippen molar-refractivity contribution in [3.63, 3.8) is 0 Å². The number of amides is 1. The highest BCUT2D eigenvalue weighted by atomic mass is 19.1. The van der Waals surface area contributed by atoms with Gasteiger partial charge in [0.15, 0.2) is 0 Å². The summed E-state index contributed by atoms with van der Waals surface area (Å²) in [5.41, 5.74) is 1.58. The highest BCUT2D eigenvalue weighted by Crippen LogP contribution is 2.36. The van der Waals surface area contributed by atoms with Crippen LogP contribution in [0.15, 0.2) is 41.2 Å². The number of halogens is 1. The maximum absolute atomic E-state index is 13.1. The van der Waals surface area contributed by atoms with E-state index in [-0.39, 0.29) is 11.2 Å². The zero-order valence-corrected chi connectivity index (χ0v) is 17.9. The van der Waals surface area contributed by atoms with Crippen LogP contribution in [-0.2, 0) is 6.54 Å². The molecule has 3 heterocycles. The molecule has 1 aliphatic carbocycles. The van der Waals surface area contributed by atoms with Crippen LogP contribution in [-0.4, -0.2) is 35.0 Å². The minimum atomic E-state index is -0.396. The first-order chi connectivity index (χ1) is 15.1. The summed E-state index contributed by atoms with van der Waals surface area (Å²) in [6.07, 6.45) is 7.99. The molecule has 31 heavy (non-hydrogen) atoms. The summed E-state index contributed by atoms with van der Waals surface area (Å²) in [5.74, 6) is 0.904. The number of hydrogen-bond donors (Lipinski definition) is 1.